The van der Waals surface area contributed by atoms with Gasteiger partial charge in [0.05, 0.1) is 4.90 Å². The van der Waals surface area contributed by atoms with Gasteiger partial charge in [-0.3, -0.25) is 0 Å². The Kier molecular flexibility index (Phi) is 3.35. The Morgan fingerprint density at radius 1 is 1.20 bits per heavy atom. The lowest BCUT2D eigenvalue weighted by Crippen LogP contribution is -2.52. The molecule has 20 heavy (non-hydrogen) atoms. The van der Waals surface area contributed by atoms with Crippen LogP contribution in [0, 0.1) is 0 Å². The van der Waals surface area contributed by atoms with Crippen LogP contribution in [0.25, 0.3) is 0 Å². The molecule has 1 aromatic rings. The second-order valence-electron chi connectivity index (χ2n) is 5.24. The van der Waals surface area contributed by atoms with Gasteiger partial charge < -0.3 is 14.4 Å². The molecule has 0 aromatic heterocycles. The first-order chi connectivity index (χ1) is 9.48. The fourth-order valence-electron chi connectivity index (χ4n) is 2.65. The lowest BCUT2D eigenvalue weighted by atomic mass is 10.2. The highest BCUT2D eigenvalue weighted by atomic mass is 32.2. The Morgan fingerprint density at radius 3 is 2.70 bits per heavy atom. The summed E-state index contributed by atoms with van der Waals surface area (Å²) in [6, 6.07) is 4.73. The smallest absolute Gasteiger partial charge is 0.243 e. The van der Waals surface area contributed by atoms with Crippen LogP contribution in [0.2, 0.25) is 0 Å². The highest BCUT2D eigenvalue weighted by Crippen LogP contribution is 2.35. The largest absolute Gasteiger partial charge is 0.454 e. The zero-order valence-electron chi connectivity index (χ0n) is 11.6. The second kappa shape index (κ2) is 4.91. The average Bonchev–Trinajstić information content (AvgIpc) is 2.85. The van der Waals surface area contributed by atoms with Crippen LogP contribution >= 0.6 is 0 Å². The van der Waals surface area contributed by atoms with E-state index in [1.54, 1.807) is 22.5 Å². The van der Waals surface area contributed by atoms with Gasteiger partial charge in [0.2, 0.25) is 16.8 Å². The van der Waals surface area contributed by atoms with Gasteiger partial charge in [-0.1, -0.05) is 0 Å². The zero-order chi connectivity index (χ0) is 14.3. The third-order valence-corrected chi connectivity index (χ3v) is 5.73. The molecular weight excluding hydrogens is 280 g/mol. The van der Waals surface area contributed by atoms with Crippen molar-refractivity contribution in [2.45, 2.75) is 17.9 Å². The summed E-state index contributed by atoms with van der Waals surface area (Å²) in [5, 5.41) is 0. The summed E-state index contributed by atoms with van der Waals surface area (Å²) in [5.74, 6) is 1.09. The summed E-state index contributed by atoms with van der Waals surface area (Å²) in [4.78, 5) is 2.40. The SMILES string of the molecule is CC1CN(C)CCN1S(=O)(=O)c1ccc2c(c1)OCO2. The molecule has 3 rings (SSSR count). The highest BCUT2D eigenvalue weighted by molar-refractivity contribution is 7.89. The van der Waals surface area contributed by atoms with Crippen LogP contribution in [0.3, 0.4) is 0 Å². The highest BCUT2D eigenvalue weighted by Gasteiger charge is 2.33. The Balaban J connectivity index is 1.92. The number of fused-ring (bicyclic) bond motifs is 1. The Labute approximate surface area is 118 Å². The molecule has 7 heteroatoms. The van der Waals surface area contributed by atoms with Crippen LogP contribution in [0.1, 0.15) is 6.92 Å². The van der Waals surface area contributed by atoms with Gasteiger partial charge in [0.15, 0.2) is 11.5 Å². The minimum atomic E-state index is -3.49. The maximum atomic E-state index is 12.7. The topological polar surface area (TPSA) is 59.1 Å². The molecule has 1 aromatic carbocycles. The number of hydrogen-bond acceptors (Lipinski definition) is 5. The van der Waals surface area contributed by atoms with E-state index in [2.05, 4.69) is 4.90 Å². The molecule has 0 saturated carbocycles. The lowest BCUT2D eigenvalue weighted by Gasteiger charge is -2.37. The summed E-state index contributed by atoms with van der Waals surface area (Å²) in [7, 11) is -1.48. The van der Waals surface area contributed by atoms with Gasteiger partial charge in [-0.05, 0) is 26.1 Å². The molecule has 0 bridgehead atoms. The molecule has 1 atom stereocenters. The van der Waals surface area contributed by atoms with Crippen molar-refractivity contribution in [2.24, 2.45) is 0 Å². The third kappa shape index (κ3) is 2.25. The van der Waals surface area contributed by atoms with E-state index in [9.17, 15) is 8.42 Å². The van der Waals surface area contributed by atoms with E-state index in [1.807, 2.05) is 14.0 Å². The minimum Gasteiger partial charge on any atom is -0.454 e. The lowest BCUT2D eigenvalue weighted by molar-refractivity contribution is 0.170. The quantitative estimate of drug-likeness (QED) is 0.806. The molecule has 110 valence electrons. The van der Waals surface area contributed by atoms with E-state index >= 15 is 0 Å². The number of piperazine rings is 1. The van der Waals surface area contributed by atoms with E-state index in [0.717, 1.165) is 13.1 Å². The molecule has 6 nitrogen and oxygen atoms in total. The van der Waals surface area contributed by atoms with E-state index in [-0.39, 0.29) is 17.7 Å². The van der Waals surface area contributed by atoms with Gasteiger partial charge >= 0.3 is 0 Å². The second-order valence-corrected chi connectivity index (χ2v) is 7.13. The van der Waals surface area contributed by atoms with Crippen LogP contribution in [0.15, 0.2) is 23.1 Å². The van der Waals surface area contributed by atoms with Gasteiger partial charge in [0.25, 0.3) is 0 Å². The van der Waals surface area contributed by atoms with Crippen molar-refractivity contribution in [1.82, 2.24) is 9.21 Å². The molecule has 2 aliphatic rings. The minimum absolute atomic E-state index is 0.0378. The molecule has 0 radical (unpaired) electrons. The molecule has 2 aliphatic heterocycles. The normalized spacial score (nSPS) is 24.0. The maximum absolute atomic E-state index is 12.7. The van der Waals surface area contributed by atoms with Crippen LogP contribution in [0.4, 0.5) is 0 Å². The average molecular weight is 298 g/mol. The number of benzene rings is 1. The maximum Gasteiger partial charge on any atom is 0.243 e. The summed E-state index contributed by atoms with van der Waals surface area (Å²) in [5.41, 5.74) is 0. The monoisotopic (exact) mass is 298 g/mol. The Hall–Kier alpha value is -1.31. The molecule has 1 unspecified atom stereocenters. The van der Waals surface area contributed by atoms with Gasteiger partial charge in [-0.25, -0.2) is 8.42 Å². The number of hydrogen-bond donors (Lipinski definition) is 0. The summed E-state index contributed by atoms with van der Waals surface area (Å²) >= 11 is 0. The van der Waals surface area contributed by atoms with E-state index in [4.69, 9.17) is 9.47 Å². The van der Waals surface area contributed by atoms with Crippen molar-refractivity contribution >= 4 is 10.0 Å². The zero-order valence-corrected chi connectivity index (χ0v) is 12.4. The molecule has 0 spiro atoms. The van der Waals surface area contributed by atoms with Crippen molar-refractivity contribution in [2.75, 3.05) is 33.5 Å². The van der Waals surface area contributed by atoms with E-state index in [0.29, 0.717) is 18.0 Å². The number of sulfonamides is 1. The van der Waals surface area contributed by atoms with E-state index in [1.165, 1.54) is 0 Å². The van der Waals surface area contributed by atoms with E-state index < -0.39 is 10.0 Å². The molecule has 0 N–H and O–H groups in total. The first kappa shape index (κ1) is 13.7. The first-order valence-corrected chi connectivity index (χ1v) is 8.02. The van der Waals surface area contributed by atoms with Gasteiger partial charge in [0.1, 0.15) is 0 Å². The molecule has 2 heterocycles. The predicted molar refractivity (Wildman–Crippen MR) is 73.4 cm³/mol. The summed E-state index contributed by atoms with van der Waals surface area (Å²) in [6.07, 6.45) is 0. The predicted octanol–water partition coefficient (Wildman–Crippen LogP) is 0.740. The number of ether oxygens (including phenoxy) is 2. The molecular formula is C13H18N2O4S. The standard InChI is InChI=1S/C13H18N2O4S/c1-10-8-14(2)5-6-15(10)20(16,17)11-3-4-12-13(7-11)19-9-18-12/h3-4,7,10H,5-6,8-9H2,1-2H3. The first-order valence-electron chi connectivity index (χ1n) is 6.58. The van der Waals surface area contributed by atoms with Gasteiger partial charge in [-0.2, -0.15) is 4.31 Å². The molecule has 1 saturated heterocycles. The van der Waals surface area contributed by atoms with Crippen LogP contribution in [-0.2, 0) is 10.0 Å². The van der Waals surface area contributed by atoms with Crippen molar-refractivity contribution in [3.05, 3.63) is 18.2 Å². The van der Waals surface area contributed by atoms with Gasteiger partial charge in [-0.15, -0.1) is 0 Å². The number of likely N-dealkylation sites (N-methyl/N-ethyl adjacent to an activating group) is 1. The molecule has 1 fully saturated rings. The van der Waals surface area contributed by atoms with Crippen LogP contribution < -0.4 is 9.47 Å². The van der Waals surface area contributed by atoms with Crippen molar-refractivity contribution in [1.29, 1.82) is 0 Å². The summed E-state index contributed by atoms with van der Waals surface area (Å²) < 4.78 is 37.5. The number of rotatable bonds is 2. The Morgan fingerprint density at radius 2 is 1.95 bits per heavy atom. The summed E-state index contributed by atoms with van der Waals surface area (Å²) in [6.45, 7) is 4.07. The molecule has 0 amide bonds. The van der Waals surface area contributed by atoms with Crippen LogP contribution in [0.5, 0.6) is 11.5 Å². The molecule has 0 aliphatic carbocycles. The van der Waals surface area contributed by atoms with Crippen molar-refractivity contribution < 1.29 is 17.9 Å². The third-order valence-electron chi connectivity index (χ3n) is 3.72. The van der Waals surface area contributed by atoms with Crippen molar-refractivity contribution in [3.63, 3.8) is 0 Å². The number of nitrogens with zero attached hydrogens (tertiary/aromatic N) is 2. The fraction of sp³-hybridized carbons (Fsp3) is 0.538. The van der Waals surface area contributed by atoms with Crippen LogP contribution in [-0.4, -0.2) is 57.1 Å². The Bertz CT molecular complexity index is 617. The van der Waals surface area contributed by atoms with Gasteiger partial charge in [0, 0.05) is 31.7 Å². The van der Waals surface area contributed by atoms with Crippen molar-refractivity contribution in [3.8, 4) is 11.5 Å². The fourth-order valence-corrected chi connectivity index (χ4v) is 4.28.